The van der Waals surface area contributed by atoms with E-state index in [0.717, 1.165) is 31.5 Å². The largest absolute Gasteiger partial charge is 0.369 e. The van der Waals surface area contributed by atoms with Gasteiger partial charge >= 0.3 is 0 Å². The summed E-state index contributed by atoms with van der Waals surface area (Å²) in [5.41, 5.74) is 11.1. The molecule has 1 fully saturated rings. The average molecular weight is 364 g/mol. The molecule has 5 N–H and O–H groups in total. The molecule has 0 aromatic heterocycles. The topological polar surface area (TPSA) is 119 Å². The van der Waals surface area contributed by atoms with Gasteiger partial charge in [-0.1, -0.05) is 44.2 Å². The molecule has 0 spiro atoms. The highest BCUT2D eigenvalue weighted by molar-refractivity contribution is 5.88. The van der Waals surface area contributed by atoms with Gasteiger partial charge in [0.05, 0.1) is 13.0 Å². The number of carbonyl (C=O) groups excluding carboxylic acids is 3. The lowest BCUT2D eigenvalue weighted by Crippen LogP contribution is -2.47. The quantitative estimate of drug-likeness (QED) is 0.716. The van der Waals surface area contributed by atoms with Crippen LogP contribution in [0.25, 0.3) is 0 Å². The maximum atomic E-state index is 11.7. The normalized spacial score (nSPS) is 13.5. The maximum Gasteiger partial charge on any atom is 0.244 e. The van der Waals surface area contributed by atoms with Crippen molar-refractivity contribution in [2.45, 2.75) is 46.1 Å². The van der Waals surface area contributed by atoms with Gasteiger partial charge < -0.3 is 21.7 Å². The minimum atomic E-state index is -0.454. The molecular weight excluding hydrogens is 332 g/mol. The molecule has 1 unspecified atom stereocenters. The molecule has 7 heteroatoms. The molecule has 1 atom stereocenters. The van der Waals surface area contributed by atoms with E-state index < -0.39 is 6.04 Å². The lowest BCUT2D eigenvalue weighted by molar-refractivity contribution is -0.134. The summed E-state index contributed by atoms with van der Waals surface area (Å²) in [6.07, 6.45) is 2.45. The average Bonchev–Trinajstić information content (AvgIpc) is 3.18. The van der Waals surface area contributed by atoms with Gasteiger partial charge in [-0.2, -0.15) is 0 Å². The molecule has 2 rings (SSSR count). The summed E-state index contributed by atoms with van der Waals surface area (Å²) in [5.74, 6) is -0.583. The SMILES string of the molecule is CC.CC(NC(=O)CN)C(=O)N1CCCC1.NC(=O)Cc1ccccc1. The van der Waals surface area contributed by atoms with Crippen molar-refractivity contribution in [3.05, 3.63) is 35.9 Å². The van der Waals surface area contributed by atoms with Crippen LogP contribution in [-0.2, 0) is 20.8 Å². The molecule has 146 valence electrons. The van der Waals surface area contributed by atoms with E-state index in [4.69, 9.17) is 11.5 Å². The Bertz CT molecular complexity index is 543. The summed E-state index contributed by atoms with van der Waals surface area (Å²) < 4.78 is 0. The summed E-state index contributed by atoms with van der Waals surface area (Å²) in [6.45, 7) is 7.23. The van der Waals surface area contributed by atoms with E-state index in [9.17, 15) is 14.4 Å². The molecule has 1 aliphatic heterocycles. The van der Waals surface area contributed by atoms with E-state index in [-0.39, 0.29) is 24.3 Å². The summed E-state index contributed by atoms with van der Waals surface area (Å²) in [4.78, 5) is 34.8. The van der Waals surface area contributed by atoms with Gasteiger partial charge in [0, 0.05) is 13.1 Å². The molecule has 0 aliphatic carbocycles. The van der Waals surface area contributed by atoms with Crippen molar-refractivity contribution in [2.24, 2.45) is 11.5 Å². The monoisotopic (exact) mass is 364 g/mol. The van der Waals surface area contributed by atoms with Crippen LogP contribution >= 0.6 is 0 Å². The third-order valence-electron chi connectivity index (χ3n) is 3.57. The lowest BCUT2D eigenvalue weighted by atomic mass is 10.1. The molecule has 0 radical (unpaired) electrons. The molecule has 7 nitrogen and oxygen atoms in total. The van der Waals surface area contributed by atoms with Gasteiger partial charge in [0.1, 0.15) is 6.04 Å². The van der Waals surface area contributed by atoms with Gasteiger partial charge in [0.2, 0.25) is 17.7 Å². The standard InChI is InChI=1S/C9H17N3O2.C8H9NO.C2H6/c1-7(11-8(13)6-10)9(14)12-4-2-3-5-12;9-8(10)6-7-4-2-1-3-5-7;1-2/h7H,2-6,10H2,1H3,(H,11,13);1-5H,6H2,(H2,9,10);1-2H3. The number of amides is 3. The highest BCUT2D eigenvalue weighted by Gasteiger charge is 2.23. The highest BCUT2D eigenvalue weighted by Crippen LogP contribution is 2.08. The zero-order valence-electron chi connectivity index (χ0n) is 16.0. The van der Waals surface area contributed by atoms with Gasteiger partial charge in [-0.25, -0.2) is 0 Å². The van der Waals surface area contributed by atoms with Crippen molar-refractivity contribution in [3.63, 3.8) is 0 Å². The molecule has 26 heavy (non-hydrogen) atoms. The molecule has 1 aliphatic rings. The van der Waals surface area contributed by atoms with Gasteiger partial charge in [0.25, 0.3) is 0 Å². The summed E-state index contributed by atoms with van der Waals surface area (Å²) in [5, 5.41) is 2.55. The number of hydrogen-bond acceptors (Lipinski definition) is 4. The number of nitrogens with two attached hydrogens (primary N) is 2. The van der Waals surface area contributed by atoms with E-state index >= 15 is 0 Å². The Morgan fingerprint density at radius 1 is 1.12 bits per heavy atom. The van der Waals surface area contributed by atoms with Crippen LogP contribution < -0.4 is 16.8 Å². The third-order valence-corrected chi connectivity index (χ3v) is 3.57. The number of carbonyl (C=O) groups is 3. The van der Waals surface area contributed by atoms with Crippen molar-refractivity contribution in [2.75, 3.05) is 19.6 Å². The summed E-state index contributed by atoms with van der Waals surface area (Å²) in [6, 6.07) is 8.99. The Hall–Kier alpha value is -2.41. The second kappa shape index (κ2) is 13.8. The molecule has 1 saturated heterocycles. The molecule has 0 bridgehead atoms. The van der Waals surface area contributed by atoms with Crippen LogP contribution in [0.3, 0.4) is 0 Å². The number of benzene rings is 1. The fraction of sp³-hybridized carbons (Fsp3) is 0.526. The van der Waals surface area contributed by atoms with Crippen LogP contribution in [0.4, 0.5) is 0 Å². The van der Waals surface area contributed by atoms with Crippen LogP contribution in [-0.4, -0.2) is 48.3 Å². The van der Waals surface area contributed by atoms with Crippen molar-refractivity contribution < 1.29 is 14.4 Å². The Morgan fingerprint density at radius 3 is 2.12 bits per heavy atom. The second-order valence-corrected chi connectivity index (χ2v) is 5.65. The Labute approximate surface area is 156 Å². The molecule has 1 aromatic carbocycles. The number of hydrogen-bond donors (Lipinski definition) is 3. The van der Waals surface area contributed by atoms with Crippen molar-refractivity contribution in [1.82, 2.24) is 10.2 Å². The zero-order valence-corrected chi connectivity index (χ0v) is 16.0. The number of likely N-dealkylation sites (tertiary alicyclic amines) is 1. The zero-order chi connectivity index (χ0) is 19.9. The fourth-order valence-corrected chi connectivity index (χ4v) is 2.37. The smallest absolute Gasteiger partial charge is 0.244 e. The van der Waals surface area contributed by atoms with Gasteiger partial charge in [0.15, 0.2) is 0 Å². The number of nitrogens with zero attached hydrogens (tertiary/aromatic N) is 1. The van der Waals surface area contributed by atoms with Crippen LogP contribution in [0.5, 0.6) is 0 Å². The van der Waals surface area contributed by atoms with Crippen molar-refractivity contribution in [3.8, 4) is 0 Å². The van der Waals surface area contributed by atoms with Gasteiger partial charge in [-0.15, -0.1) is 0 Å². The molecule has 3 amide bonds. The molecular formula is C19H32N4O3. The Morgan fingerprint density at radius 2 is 1.65 bits per heavy atom. The third kappa shape index (κ3) is 9.78. The van der Waals surface area contributed by atoms with Gasteiger partial charge in [-0.3, -0.25) is 14.4 Å². The predicted molar refractivity (Wildman–Crippen MR) is 103 cm³/mol. The van der Waals surface area contributed by atoms with Crippen molar-refractivity contribution in [1.29, 1.82) is 0 Å². The molecule has 1 aromatic rings. The second-order valence-electron chi connectivity index (χ2n) is 5.65. The van der Waals surface area contributed by atoms with Crippen LogP contribution in [0.15, 0.2) is 30.3 Å². The number of rotatable bonds is 5. The van der Waals surface area contributed by atoms with E-state index in [0.29, 0.717) is 6.42 Å². The first-order valence-electron chi connectivity index (χ1n) is 9.04. The first kappa shape index (κ1) is 23.6. The lowest BCUT2D eigenvalue weighted by Gasteiger charge is -2.20. The number of nitrogens with one attached hydrogen (secondary N) is 1. The Balaban J connectivity index is 0.000000458. The van der Waals surface area contributed by atoms with E-state index in [2.05, 4.69) is 5.32 Å². The van der Waals surface area contributed by atoms with E-state index in [1.54, 1.807) is 11.8 Å². The van der Waals surface area contributed by atoms with E-state index in [1.165, 1.54) is 0 Å². The van der Waals surface area contributed by atoms with E-state index in [1.807, 2.05) is 44.2 Å². The predicted octanol–water partition coefficient (Wildman–Crippen LogP) is 0.813. The van der Waals surface area contributed by atoms with Crippen molar-refractivity contribution >= 4 is 17.7 Å². The van der Waals surface area contributed by atoms with Gasteiger partial charge in [-0.05, 0) is 25.3 Å². The summed E-state index contributed by atoms with van der Waals surface area (Å²) >= 11 is 0. The number of primary amides is 1. The molecule has 0 saturated carbocycles. The first-order valence-corrected chi connectivity index (χ1v) is 9.04. The minimum absolute atomic E-state index is 0.00991. The fourth-order valence-electron chi connectivity index (χ4n) is 2.37. The molecule has 1 heterocycles. The van der Waals surface area contributed by atoms with Crippen LogP contribution in [0, 0.1) is 0 Å². The highest BCUT2D eigenvalue weighted by atomic mass is 16.2. The Kier molecular flexibility index (Phi) is 12.6. The van der Waals surface area contributed by atoms with Crippen LogP contribution in [0.2, 0.25) is 0 Å². The summed E-state index contributed by atoms with van der Waals surface area (Å²) in [7, 11) is 0. The minimum Gasteiger partial charge on any atom is -0.369 e. The first-order chi connectivity index (χ1) is 12.4. The maximum absolute atomic E-state index is 11.7. The van der Waals surface area contributed by atoms with Crippen LogP contribution in [0.1, 0.15) is 39.2 Å².